The molecule has 0 bridgehead atoms. The second-order valence-corrected chi connectivity index (χ2v) is 9.53. The van der Waals surface area contributed by atoms with Crippen LogP contribution in [0.15, 0.2) is 58.5 Å². The number of hydrogen-bond donors (Lipinski definition) is 2. The topological polar surface area (TPSA) is 96.3 Å². The van der Waals surface area contributed by atoms with Crippen LogP contribution in [-0.4, -0.2) is 50.6 Å². The number of fused-ring (bicyclic) bond motifs is 1. The summed E-state index contributed by atoms with van der Waals surface area (Å²) in [7, 11) is 0. The summed E-state index contributed by atoms with van der Waals surface area (Å²) < 4.78 is 14.6. The van der Waals surface area contributed by atoms with Crippen LogP contribution < -0.4 is 16.4 Å². The standard InChI is InChI=1S/C25H30FN5O3S/c1-16(2)30(17(3)4)13-14-31-24(34)20-7-5-6-8-21(20)27-25(31)35-15-22(32)28-29-23(33)18-9-11-19(26)12-10-18/h5-12,16-17H,13-15H2,1-4H3,(H,28,32)(H,29,33). The molecule has 0 fully saturated rings. The summed E-state index contributed by atoms with van der Waals surface area (Å²) in [5, 5.41) is 0.953. The minimum atomic E-state index is -0.563. The van der Waals surface area contributed by atoms with Crippen molar-refractivity contribution in [3.63, 3.8) is 0 Å². The van der Waals surface area contributed by atoms with Gasteiger partial charge in [0.05, 0.1) is 16.7 Å². The number of hydrogen-bond acceptors (Lipinski definition) is 6. The number of nitrogens with zero attached hydrogens (tertiary/aromatic N) is 3. The number of rotatable bonds is 9. The van der Waals surface area contributed by atoms with Crippen LogP contribution in [0.25, 0.3) is 10.9 Å². The molecule has 35 heavy (non-hydrogen) atoms. The number of carbonyl (C=O) groups excluding carboxylic acids is 2. The molecule has 0 aliphatic heterocycles. The second kappa shape index (κ2) is 11.9. The number of hydrazine groups is 1. The van der Waals surface area contributed by atoms with Crippen molar-refractivity contribution in [2.45, 2.75) is 51.5 Å². The van der Waals surface area contributed by atoms with Crippen LogP contribution in [-0.2, 0) is 11.3 Å². The highest BCUT2D eigenvalue weighted by molar-refractivity contribution is 7.99. The van der Waals surface area contributed by atoms with E-state index in [1.54, 1.807) is 22.8 Å². The molecule has 3 rings (SSSR count). The number of nitrogens with one attached hydrogen (secondary N) is 2. The molecule has 0 saturated carbocycles. The molecule has 2 N–H and O–H groups in total. The van der Waals surface area contributed by atoms with Gasteiger partial charge in [-0.2, -0.15) is 0 Å². The molecule has 1 aromatic heterocycles. The summed E-state index contributed by atoms with van der Waals surface area (Å²) in [6, 6.07) is 12.7. The number of carbonyl (C=O) groups is 2. The van der Waals surface area contributed by atoms with Gasteiger partial charge in [-0.3, -0.25) is 34.7 Å². The third-order valence-corrected chi connectivity index (χ3v) is 6.47. The average molecular weight is 500 g/mol. The van der Waals surface area contributed by atoms with Gasteiger partial charge in [0.1, 0.15) is 5.82 Å². The first-order valence-corrected chi connectivity index (χ1v) is 12.4. The summed E-state index contributed by atoms with van der Waals surface area (Å²) in [4.78, 5) is 44.7. The van der Waals surface area contributed by atoms with Crippen LogP contribution in [0.5, 0.6) is 0 Å². The highest BCUT2D eigenvalue weighted by Gasteiger charge is 2.17. The van der Waals surface area contributed by atoms with Crippen LogP contribution >= 0.6 is 11.8 Å². The van der Waals surface area contributed by atoms with Gasteiger partial charge >= 0.3 is 0 Å². The quantitative estimate of drug-likeness (QED) is 0.267. The van der Waals surface area contributed by atoms with Crippen molar-refractivity contribution >= 4 is 34.5 Å². The smallest absolute Gasteiger partial charge is 0.269 e. The predicted octanol–water partition coefficient (Wildman–Crippen LogP) is 3.21. The third kappa shape index (κ3) is 6.89. The van der Waals surface area contributed by atoms with Crippen LogP contribution in [0.3, 0.4) is 0 Å². The van der Waals surface area contributed by atoms with E-state index in [-0.39, 0.29) is 16.9 Å². The predicted molar refractivity (Wildman–Crippen MR) is 136 cm³/mol. The van der Waals surface area contributed by atoms with E-state index in [2.05, 4.69) is 48.4 Å². The molecule has 1 heterocycles. The van der Waals surface area contributed by atoms with Gasteiger partial charge in [0.2, 0.25) is 5.91 Å². The lowest BCUT2D eigenvalue weighted by atomic mass is 10.2. The van der Waals surface area contributed by atoms with E-state index in [1.165, 1.54) is 12.1 Å². The highest BCUT2D eigenvalue weighted by atomic mass is 32.2. The number of halogens is 1. The molecule has 0 atom stereocenters. The van der Waals surface area contributed by atoms with Gasteiger partial charge in [-0.1, -0.05) is 23.9 Å². The summed E-state index contributed by atoms with van der Waals surface area (Å²) in [5.74, 6) is -1.55. The van der Waals surface area contributed by atoms with Crippen molar-refractivity contribution in [2.75, 3.05) is 12.3 Å². The Balaban J connectivity index is 1.72. The summed E-state index contributed by atoms with van der Waals surface area (Å²) in [5.41, 5.74) is 5.26. The Hall–Kier alpha value is -3.24. The molecule has 0 unspecified atom stereocenters. The molecule has 0 saturated heterocycles. The molecule has 8 nitrogen and oxygen atoms in total. The lowest BCUT2D eigenvalue weighted by molar-refractivity contribution is -0.119. The van der Waals surface area contributed by atoms with E-state index in [1.807, 2.05) is 6.07 Å². The zero-order chi connectivity index (χ0) is 25.5. The van der Waals surface area contributed by atoms with Crippen LogP contribution in [0.1, 0.15) is 38.1 Å². The first kappa shape index (κ1) is 26.4. The molecule has 0 spiro atoms. The minimum Gasteiger partial charge on any atom is -0.297 e. The fourth-order valence-electron chi connectivity index (χ4n) is 3.75. The van der Waals surface area contributed by atoms with E-state index in [0.29, 0.717) is 41.2 Å². The van der Waals surface area contributed by atoms with E-state index in [9.17, 15) is 18.8 Å². The largest absolute Gasteiger partial charge is 0.297 e. The molecule has 0 aliphatic carbocycles. The van der Waals surface area contributed by atoms with Gasteiger partial charge in [-0.15, -0.1) is 0 Å². The molecule has 2 aromatic carbocycles. The molecule has 2 amide bonds. The first-order valence-electron chi connectivity index (χ1n) is 11.4. The van der Waals surface area contributed by atoms with Gasteiger partial charge in [-0.25, -0.2) is 9.37 Å². The second-order valence-electron chi connectivity index (χ2n) is 8.59. The normalized spacial score (nSPS) is 11.4. The Morgan fingerprint density at radius 1 is 1.03 bits per heavy atom. The fraction of sp³-hybridized carbons (Fsp3) is 0.360. The average Bonchev–Trinajstić information content (AvgIpc) is 2.82. The molecule has 186 valence electrons. The van der Waals surface area contributed by atoms with Crippen LogP contribution in [0.2, 0.25) is 0 Å². The summed E-state index contributed by atoms with van der Waals surface area (Å²) in [6.07, 6.45) is 0. The maximum absolute atomic E-state index is 13.2. The molecular weight excluding hydrogens is 469 g/mol. The van der Waals surface area contributed by atoms with Gasteiger partial charge < -0.3 is 0 Å². The Labute approximate surface area is 207 Å². The molecular formula is C25H30FN5O3S. The summed E-state index contributed by atoms with van der Waals surface area (Å²) in [6.45, 7) is 9.54. The third-order valence-electron chi connectivity index (χ3n) is 5.49. The number of benzene rings is 2. The van der Waals surface area contributed by atoms with Crippen molar-refractivity contribution in [2.24, 2.45) is 0 Å². The SMILES string of the molecule is CC(C)N(CCn1c(SCC(=O)NNC(=O)c2ccc(F)cc2)nc2ccccc2c1=O)C(C)C. The van der Waals surface area contributed by atoms with Crippen molar-refractivity contribution in [1.82, 2.24) is 25.3 Å². The van der Waals surface area contributed by atoms with Gasteiger partial charge in [-0.05, 0) is 64.1 Å². The Morgan fingerprint density at radius 3 is 2.34 bits per heavy atom. The van der Waals surface area contributed by atoms with Crippen molar-refractivity contribution in [1.29, 1.82) is 0 Å². The van der Waals surface area contributed by atoms with Gasteiger partial charge in [0, 0.05) is 30.7 Å². The number of amides is 2. The molecule has 10 heteroatoms. The maximum Gasteiger partial charge on any atom is 0.269 e. The zero-order valence-electron chi connectivity index (χ0n) is 20.2. The van der Waals surface area contributed by atoms with E-state index in [0.717, 1.165) is 23.9 Å². The van der Waals surface area contributed by atoms with Crippen LogP contribution in [0, 0.1) is 5.82 Å². The lowest BCUT2D eigenvalue weighted by Gasteiger charge is -2.30. The monoisotopic (exact) mass is 499 g/mol. The Kier molecular flexibility index (Phi) is 9.00. The summed E-state index contributed by atoms with van der Waals surface area (Å²) >= 11 is 1.12. The first-order chi connectivity index (χ1) is 16.7. The zero-order valence-corrected chi connectivity index (χ0v) is 21.1. The highest BCUT2D eigenvalue weighted by Crippen LogP contribution is 2.18. The van der Waals surface area contributed by atoms with Gasteiger partial charge in [0.15, 0.2) is 5.16 Å². The van der Waals surface area contributed by atoms with Crippen molar-refractivity contribution in [3.8, 4) is 0 Å². The molecule has 3 aromatic rings. The fourth-order valence-corrected chi connectivity index (χ4v) is 4.57. The van der Waals surface area contributed by atoms with E-state index in [4.69, 9.17) is 0 Å². The maximum atomic E-state index is 13.2. The Morgan fingerprint density at radius 2 is 1.69 bits per heavy atom. The Bertz CT molecular complexity index is 1240. The van der Waals surface area contributed by atoms with Crippen LogP contribution in [0.4, 0.5) is 4.39 Å². The van der Waals surface area contributed by atoms with Crippen molar-refractivity contribution < 1.29 is 14.0 Å². The number of thioether (sulfide) groups is 1. The minimum absolute atomic E-state index is 0.0629. The molecule has 0 aliphatic rings. The lowest BCUT2D eigenvalue weighted by Crippen LogP contribution is -2.42. The number of aromatic nitrogens is 2. The molecule has 0 radical (unpaired) electrons. The number of para-hydroxylation sites is 1. The van der Waals surface area contributed by atoms with E-state index >= 15 is 0 Å². The van der Waals surface area contributed by atoms with E-state index < -0.39 is 17.6 Å². The van der Waals surface area contributed by atoms with Crippen molar-refractivity contribution in [3.05, 3.63) is 70.3 Å². The van der Waals surface area contributed by atoms with Gasteiger partial charge in [0.25, 0.3) is 11.5 Å².